The Bertz CT molecular complexity index is 1620. The van der Waals surface area contributed by atoms with Gasteiger partial charge in [0.05, 0.1) is 29.5 Å². The molecule has 0 spiro atoms. The Balaban J connectivity index is 1.73. The van der Waals surface area contributed by atoms with Crippen molar-refractivity contribution in [1.29, 1.82) is 0 Å². The molecule has 3 aliphatic rings. The van der Waals surface area contributed by atoms with Crippen LogP contribution >= 0.6 is 11.3 Å². The van der Waals surface area contributed by atoms with Crippen molar-refractivity contribution in [3.05, 3.63) is 67.2 Å². The first kappa shape index (κ1) is 30.1. The summed E-state index contributed by atoms with van der Waals surface area (Å²) in [6.07, 6.45) is 10.3. The van der Waals surface area contributed by atoms with Crippen molar-refractivity contribution < 1.29 is 28.8 Å². The first-order chi connectivity index (χ1) is 20.0. The van der Waals surface area contributed by atoms with E-state index in [0.29, 0.717) is 60.4 Å². The maximum Gasteiger partial charge on any atom is 0.333 e. The highest BCUT2D eigenvalue weighted by molar-refractivity contribution is 7.20. The van der Waals surface area contributed by atoms with Crippen LogP contribution in [0.4, 0.5) is 0 Å². The Kier molecular flexibility index (Phi) is 8.44. The number of aryl methyl sites for hydroxylation is 1. The summed E-state index contributed by atoms with van der Waals surface area (Å²) in [6, 6.07) is 0. The van der Waals surface area contributed by atoms with Crippen LogP contribution in [-0.2, 0) is 35.8 Å². The highest BCUT2D eigenvalue weighted by atomic mass is 32.1. The maximum atomic E-state index is 14.2. The van der Waals surface area contributed by atoms with E-state index in [-0.39, 0.29) is 18.0 Å². The Hall–Kier alpha value is -3.32. The minimum absolute atomic E-state index is 0.0331. The maximum absolute atomic E-state index is 14.2. The molecule has 2 atom stereocenters. The van der Waals surface area contributed by atoms with Crippen LogP contribution in [0.2, 0.25) is 0 Å². The number of rotatable bonds is 9. The van der Waals surface area contributed by atoms with Crippen LogP contribution in [0.25, 0.3) is 10.2 Å². The molecule has 1 aliphatic carbocycles. The van der Waals surface area contributed by atoms with E-state index in [2.05, 4.69) is 4.99 Å². The van der Waals surface area contributed by atoms with Gasteiger partial charge in [0.1, 0.15) is 28.7 Å². The summed E-state index contributed by atoms with van der Waals surface area (Å²) in [5, 5.41) is 10.3. The van der Waals surface area contributed by atoms with E-state index < -0.39 is 34.5 Å². The lowest BCUT2D eigenvalue weighted by molar-refractivity contribution is -0.146. The number of allylic oxidation sites excluding steroid dienone is 2. The fourth-order valence-corrected chi connectivity index (χ4v) is 6.64. The first-order valence-electron chi connectivity index (χ1n) is 14.0. The number of aliphatic carboxylic acids is 1. The zero-order chi connectivity index (χ0) is 30.2. The number of carboxylic acid groups (broad SMARTS) is 1. The smallest absolute Gasteiger partial charge is 0.333 e. The highest BCUT2D eigenvalue weighted by Gasteiger charge is 2.37. The van der Waals surface area contributed by atoms with Gasteiger partial charge in [0.15, 0.2) is 0 Å². The number of aliphatic imine (C=N–C) groups is 1. The van der Waals surface area contributed by atoms with Gasteiger partial charge in [0, 0.05) is 20.3 Å². The van der Waals surface area contributed by atoms with Gasteiger partial charge in [0.2, 0.25) is 5.90 Å². The summed E-state index contributed by atoms with van der Waals surface area (Å²) in [5.74, 6) is -0.877. The van der Waals surface area contributed by atoms with Crippen LogP contribution < -0.4 is 11.2 Å². The van der Waals surface area contributed by atoms with Gasteiger partial charge in [-0.25, -0.2) is 19.1 Å². The Morgan fingerprint density at radius 1 is 1.26 bits per heavy atom. The number of carbonyl (C=O) groups is 1. The molecule has 4 heterocycles. The number of carboxylic acids is 1. The van der Waals surface area contributed by atoms with Crippen LogP contribution in [0, 0.1) is 6.92 Å². The average Bonchev–Trinajstić information content (AvgIpc) is 3.55. The van der Waals surface area contributed by atoms with E-state index in [1.165, 1.54) is 29.8 Å². The Morgan fingerprint density at radius 2 is 2.00 bits per heavy atom. The van der Waals surface area contributed by atoms with Gasteiger partial charge < -0.3 is 24.1 Å². The molecular weight excluding hydrogens is 562 g/mol. The summed E-state index contributed by atoms with van der Waals surface area (Å²) in [6.45, 7) is 8.51. The molecular formula is C30H37N3O8S. The van der Waals surface area contributed by atoms with E-state index >= 15 is 0 Å². The van der Waals surface area contributed by atoms with Gasteiger partial charge in [-0.3, -0.25) is 9.36 Å². The zero-order valence-corrected chi connectivity index (χ0v) is 25.4. The van der Waals surface area contributed by atoms with Crippen LogP contribution in [0.3, 0.4) is 0 Å². The van der Waals surface area contributed by atoms with Gasteiger partial charge in [-0.15, -0.1) is 11.3 Å². The monoisotopic (exact) mass is 599 g/mol. The summed E-state index contributed by atoms with van der Waals surface area (Å²) < 4.78 is 26.0. The van der Waals surface area contributed by atoms with Crippen molar-refractivity contribution in [3.63, 3.8) is 0 Å². The summed E-state index contributed by atoms with van der Waals surface area (Å²) in [4.78, 5) is 45.9. The van der Waals surface area contributed by atoms with E-state index in [9.17, 15) is 19.5 Å². The number of aromatic nitrogens is 2. The molecule has 2 aromatic rings. The summed E-state index contributed by atoms with van der Waals surface area (Å²) in [5.41, 5.74) is -2.53. The predicted molar refractivity (Wildman–Crippen MR) is 160 cm³/mol. The molecule has 42 heavy (non-hydrogen) atoms. The topological polar surface area (TPSA) is 131 Å². The lowest BCUT2D eigenvalue weighted by Crippen LogP contribution is -2.53. The normalized spacial score (nSPS) is 22.1. The van der Waals surface area contributed by atoms with Crippen LogP contribution in [0.15, 0.2) is 50.5 Å². The third-order valence-electron chi connectivity index (χ3n) is 8.04. The highest BCUT2D eigenvalue weighted by Crippen LogP contribution is 2.32. The van der Waals surface area contributed by atoms with E-state index in [1.807, 2.05) is 37.3 Å². The first-order valence-corrected chi connectivity index (χ1v) is 14.9. The molecule has 226 valence electrons. The molecule has 0 aromatic carbocycles. The molecule has 2 unspecified atom stereocenters. The Morgan fingerprint density at radius 3 is 2.64 bits per heavy atom. The van der Waals surface area contributed by atoms with Crippen molar-refractivity contribution in [2.75, 3.05) is 33.5 Å². The van der Waals surface area contributed by atoms with Gasteiger partial charge in [0.25, 0.3) is 5.56 Å². The van der Waals surface area contributed by atoms with Crippen LogP contribution in [0.1, 0.15) is 44.1 Å². The summed E-state index contributed by atoms with van der Waals surface area (Å²) in [7, 11) is 1.62. The number of nitrogens with zero attached hydrogens (tertiary/aromatic N) is 3. The molecule has 2 aliphatic heterocycles. The lowest BCUT2D eigenvalue weighted by atomic mass is 9.99. The molecule has 1 fully saturated rings. The standard InChI is InChI=1S/C30H37N3O8S/c1-18-22-25(34)33(29(2,3)27(35)36)28(37)32(26(22)42-23(18)24-31-12-15-40-24)17-21(41-20-9-13-39-14-10-20)19-8-6-7-11-30(4,16-19)38-5/h6-8,11,16,20-21H,9-10,12-15,17H2,1-5H3,(H,35,36). The largest absolute Gasteiger partial charge is 0.480 e. The number of methoxy groups -OCH3 is 1. The molecule has 0 radical (unpaired) electrons. The molecule has 0 saturated carbocycles. The number of ether oxygens (including phenoxy) is 4. The molecule has 0 bridgehead atoms. The average molecular weight is 600 g/mol. The second-order valence-corrected chi connectivity index (χ2v) is 12.4. The Labute approximate surface area is 247 Å². The van der Waals surface area contributed by atoms with Gasteiger partial charge >= 0.3 is 11.7 Å². The number of hydrogen-bond donors (Lipinski definition) is 1. The fourth-order valence-electron chi connectivity index (χ4n) is 5.38. The van der Waals surface area contributed by atoms with Crippen LogP contribution in [-0.4, -0.2) is 77.4 Å². The third-order valence-corrected chi connectivity index (χ3v) is 9.34. The van der Waals surface area contributed by atoms with Gasteiger partial charge in [-0.2, -0.15) is 0 Å². The van der Waals surface area contributed by atoms with E-state index in [4.69, 9.17) is 18.9 Å². The molecule has 1 N–H and O–H groups in total. The molecule has 1 saturated heterocycles. The third kappa shape index (κ3) is 5.56. The predicted octanol–water partition coefficient (Wildman–Crippen LogP) is 3.15. The zero-order valence-electron chi connectivity index (χ0n) is 24.5. The van der Waals surface area contributed by atoms with E-state index in [1.54, 1.807) is 14.0 Å². The summed E-state index contributed by atoms with van der Waals surface area (Å²) >= 11 is 1.24. The minimum atomic E-state index is -1.81. The van der Waals surface area contributed by atoms with Crippen LogP contribution in [0.5, 0.6) is 0 Å². The van der Waals surface area contributed by atoms with Gasteiger partial charge in [-0.05, 0) is 63.8 Å². The van der Waals surface area contributed by atoms with Crippen molar-refractivity contribution >= 4 is 33.4 Å². The second kappa shape index (κ2) is 11.8. The molecule has 11 nitrogen and oxygen atoms in total. The minimum Gasteiger partial charge on any atom is -0.480 e. The quantitative estimate of drug-likeness (QED) is 0.465. The lowest BCUT2D eigenvalue weighted by Gasteiger charge is -2.31. The SMILES string of the molecule is COC1(C)C=CC=CC(C(Cn2c(=O)n(C(C)(C)C(=O)O)c(=O)c3c(C)c(C4=NCCO4)sc32)OC2CCOCC2)=C1. The van der Waals surface area contributed by atoms with Gasteiger partial charge in [-0.1, -0.05) is 18.2 Å². The number of hydrogen-bond acceptors (Lipinski definition) is 9. The van der Waals surface area contributed by atoms with E-state index in [0.717, 1.165) is 10.1 Å². The number of fused-ring (bicyclic) bond motifs is 1. The fraction of sp³-hybridized carbons (Fsp3) is 0.533. The molecule has 12 heteroatoms. The second-order valence-electron chi connectivity index (χ2n) is 11.4. The van der Waals surface area contributed by atoms with Crippen molar-refractivity contribution in [2.24, 2.45) is 4.99 Å². The molecule has 0 amide bonds. The molecule has 2 aromatic heterocycles. The molecule has 5 rings (SSSR count). The number of thiophene rings is 1. The van der Waals surface area contributed by atoms with Crippen molar-refractivity contribution in [3.8, 4) is 0 Å². The van der Waals surface area contributed by atoms with Crippen molar-refractivity contribution in [1.82, 2.24) is 9.13 Å². The van der Waals surface area contributed by atoms with Crippen molar-refractivity contribution in [2.45, 2.75) is 70.4 Å².